The highest BCUT2D eigenvalue weighted by atomic mass is 32.1. The Bertz CT molecular complexity index is 407. The van der Waals surface area contributed by atoms with E-state index >= 15 is 0 Å². The van der Waals surface area contributed by atoms with Crippen molar-refractivity contribution in [3.8, 4) is 0 Å². The highest BCUT2D eigenvalue weighted by Gasteiger charge is 2.29. The molecule has 0 aromatic carbocycles. The summed E-state index contributed by atoms with van der Waals surface area (Å²) in [4.78, 5) is 0. The normalized spacial score (nSPS) is 25.2. The molecular weight excluding hydrogens is 230 g/mol. The van der Waals surface area contributed by atoms with Crippen LogP contribution in [0.5, 0.6) is 0 Å². The molecule has 0 radical (unpaired) electrons. The van der Waals surface area contributed by atoms with E-state index < -0.39 is 0 Å². The lowest BCUT2D eigenvalue weighted by molar-refractivity contribution is 0.433. The first-order chi connectivity index (χ1) is 8.31. The number of hydrogen-bond donors (Lipinski definition) is 2. The Labute approximate surface area is 108 Å². The first-order valence-corrected chi connectivity index (χ1v) is 7.34. The molecule has 17 heavy (non-hydrogen) atoms. The summed E-state index contributed by atoms with van der Waals surface area (Å²) in [6.07, 6.45) is 7.44. The van der Waals surface area contributed by atoms with Crippen LogP contribution in [-0.4, -0.2) is 16.3 Å². The summed E-state index contributed by atoms with van der Waals surface area (Å²) in [6.45, 7) is 3.24. The van der Waals surface area contributed by atoms with E-state index in [0.717, 1.165) is 19.4 Å². The molecule has 1 saturated carbocycles. The van der Waals surface area contributed by atoms with Crippen LogP contribution < -0.4 is 5.32 Å². The van der Waals surface area contributed by atoms with Crippen LogP contribution in [0.1, 0.15) is 61.0 Å². The molecule has 1 aliphatic heterocycles. The Morgan fingerprint density at radius 1 is 1.41 bits per heavy atom. The van der Waals surface area contributed by atoms with E-state index in [9.17, 15) is 0 Å². The van der Waals surface area contributed by atoms with E-state index in [1.165, 1.54) is 42.6 Å². The van der Waals surface area contributed by atoms with Crippen molar-refractivity contribution >= 4 is 12.6 Å². The predicted octanol–water partition coefficient (Wildman–Crippen LogP) is 2.63. The third kappa shape index (κ3) is 1.91. The molecule has 0 spiro atoms. The molecule has 3 nitrogen and oxygen atoms in total. The van der Waals surface area contributed by atoms with Crippen molar-refractivity contribution in [2.45, 2.75) is 56.9 Å². The SMILES string of the molecule is CCc1nn(C2CCCC2)c2c1CCNC2S. The topological polar surface area (TPSA) is 29.9 Å². The third-order valence-electron chi connectivity index (χ3n) is 4.11. The van der Waals surface area contributed by atoms with Gasteiger partial charge in [-0.1, -0.05) is 19.8 Å². The molecule has 1 aromatic heterocycles. The molecule has 0 bridgehead atoms. The molecule has 1 aromatic rings. The number of nitrogens with one attached hydrogen (secondary N) is 1. The molecule has 1 atom stereocenters. The monoisotopic (exact) mass is 251 g/mol. The maximum Gasteiger partial charge on any atom is 0.0933 e. The smallest absolute Gasteiger partial charge is 0.0933 e. The lowest BCUT2D eigenvalue weighted by Crippen LogP contribution is -2.29. The van der Waals surface area contributed by atoms with Gasteiger partial charge in [-0.3, -0.25) is 4.68 Å². The molecule has 4 heteroatoms. The fourth-order valence-corrected chi connectivity index (χ4v) is 3.64. The Kier molecular flexibility index (Phi) is 3.17. The number of nitrogens with zero attached hydrogens (tertiary/aromatic N) is 2. The second-order valence-corrected chi connectivity index (χ2v) is 5.67. The Hall–Kier alpha value is -0.480. The van der Waals surface area contributed by atoms with Gasteiger partial charge >= 0.3 is 0 Å². The van der Waals surface area contributed by atoms with Crippen LogP contribution in [-0.2, 0) is 12.8 Å². The number of fused-ring (bicyclic) bond motifs is 1. The summed E-state index contributed by atoms with van der Waals surface area (Å²) in [5.41, 5.74) is 4.12. The van der Waals surface area contributed by atoms with Crippen molar-refractivity contribution in [2.75, 3.05) is 6.54 Å². The zero-order valence-electron chi connectivity index (χ0n) is 10.4. The van der Waals surface area contributed by atoms with Crippen molar-refractivity contribution in [1.29, 1.82) is 0 Å². The fourth-order valence-electron chi connectivity index (χ4n) is 3.23. The van der Waals surface area contributed by atoms with Gasteiger partial charge in [0.15, 0.2) is 0 Å². The average Bonchev–Trinajstić information content (AvgIpc) is 2.95. The van der Waals surface area contributed by atoms with Gasteiger partial charge < -0.3 is 5.32 Å². The molecule has 2 heterocycles. The van der Waals surface area contributed by atoms with Gasteiger partial charge in [0.2, 0.25) is 0 Å². The number of aromatic nitrogens is 2. The third-order valence-corrected chi connectivity index (χ3v) is 4.54. The molecule has 0 amide bonds. The summed E-state index contributed by atoms with van der Waals surface area (Å²) in [5, 5.41) is 8.49. The van der Waals surface area contributed by atoms with Crippen molar-refractivity contribution in [3.05, 3.63) is 17.0 Å². The quantitative estimate of drug-likeness (QED) is 0.791. The Balaban J connectivity index is 2.05. The van der Waals surface area contributed by atoms with Crippen molar-refractivity contribution < 1.29 is 0 Å². The summed E-state index contributed by atoms with van der Waals surface area (Å²) in [5.74, 6) is 0. The summed E-state index contributed by atoms with van der Waals surface area (Å²) >= 11 is 4.68. The molecule has 1 aliphatic carbocycles. The van der Waals surface area contributed by atoms with E-state index in [0.29, 0.717) is 6.04 Å². The molecule has 2 aliphatic rings. The van der Waals surface area contributed by atoms with Crippen molar-refractivity contribution in [1.82, 2.24) is 15.1 Å². The van der Waals surface area contributed by atoms with E-state index in [2.05, 4.69) is 29.6 Å². The van der Waals surface area contributed by atoms with E-state index in [4.69, 9.17) is 5.10 Å². The van der Waals surface area contributed by atoms with Crippen LogP contribution in [0, 0.1) is 0 Å². The second kappa shape index (κ2) is 4.65. The minimum atomic E-state index is 0.173. The first-order valence-electron chi connectivity index (χ1n) is 6.83. The van der Waals surface area contributed by atoms with Gasteiger partial charge in [0, 0.05) is 12.1 Å². The molecule has 94 valence electrons. The van der Waals surface area contributed by atoms with Gasteiger partial charge in [-0.15, -0.1) is 0 Å². The van der Waals surface area contributed by atoms with Crippen LogP contribution in [0.15, 0.2) is 0 Å². The number of rotatable bonds is 2. The Morgan fingerprint density at radius 3 is 2.88 bits per heavy atom. The number of hydrogen-bond acceptors (Lipinski definition) is 3. The average molecular weight is 251 g/mol. The maximum atomic E-state index is 4.87. The highest BCUT2D eigenvalue weighted by Crippen LogP contribution is 2.36. The number of thiol groups is 1. The lowest BCUT2D eigenvalue weighted by atomic mass is 10.0. The fraction of sp³-hybridized carbons (Fsp3) is 0.769. The van der Waals surface area contributed by atoms with E-state index in [-0.39, 0.29) is 5.37 Å². The van der Waals surface area contributed by atoms with Gasteiger partial charge in [0.05, 0.1) is 22.8 Å². The van der Waals surface area contributed by atoms with E-state index in [1.54, 1.807) is 0 Å². The van der Waals surface area contributed by atoms with E-state index in [1.807, 2.05) is 0 Å². The van der Waals surface area contributed by atoms with Crippen LogP contribution in [0.3, 0.4) is 0 Å². The summed E-state index contributed by atoms with van der Waals surface area (Å²) in [6, 6.07) is 0.624. The van der Waals surface area contributed by atoms with Crippen LogP contribution in [0.25, 0.3) is 0 Å². The largest absolute Gasteiger partial charge is 0.300 e. The summed E-state index contributed by atoms with van der Waals surface area (Å²) < 4.78 is 2.30. The van der Waals surface area contributed by atoms with Crippen LogP contribution in [0.2, 0.25) is 0 Å². The van der Waals surface area contributed by atoms with Gasteiger partial charge in [-0.05, 0) is 25.7 Å². The van der Waals surface area contributed by atoms with Crippen LogP contribution >= 0.6 is 12.6 Å². The van der Waals surface area contributed by atoms with Crippen molar-refractivity contribution in [3.63, 3.8) is 0 Å². The Morgan fingerprint density at radius 2 is 2.18 bits per heavy atom. The highest BCUT2D eigenvalue weighted by molar-refractivity contribution is 7.80. The molecule has 3 rings (SSSR count). The molecule has 1 unspecified atom stereocenters. The predicted molar refractivity (Wildman–Crippen MR) is 72.5 cm³/mol. The lowest BCUT2D eigenvalue weighted by Gasteiger charge is -2.24. The minimum absolute atomic E-state index is 0.173. The minimum Gasteiger partial charge on any atom is -0.300 e. The molecule has 0 saturated heterocycles. The van der Waals surface area contributed by atoms with Gasteiger partial charge in [0.25, 0.3) is 0 Å². The maximum absolute atomic E-state index is 4.87. The summed E-state index contributed by atoms with van der Waals surface area (Å²) in [7, 11) is 0. The number of aryl methyl sites for hydroxylation is 1. The molecular formula is C13H21N3S. The van der Waals surface area contributed by atoms with Gasteiger partial charge in [0.1, 0.15) is 0 Å². The van der Waals surface area contributed by atoms with Crippen LogP contribution in [0.4, 0.5) is 0 Å². The van der Waals surface area contributed by atoms with Gasteiger partial charge in [-0.25, -0.2) is 0 Å². The zero-order valence-corrected chi connectivity index (χ0v) is 11.3. The zero-order chi connectivity index (χ0) is 11.8. The van der Waals surface area contributed by atoms with Crippen molar-refractivity contribution in [2.24, 2.45) is 0 Å². The molecule has 1 N–H and O–H groups in total. The van der Waals surface area contributed by atoms with Gasteiger partial charge in [-0.2, -0.15) is 17.7 Å². The standard InChI is InChI=1S/C13H21N3S/c1-2-11-10-7-8-14-13(17)12(10)16(15-11)9-5-3-4-6-9/h9,13-14,17H,2-8H2,1H3. The first kappa shape index (κ1) is 11.6. The second-order valence-electron chi connectivity index (χ2n) is 5.15. The molecule has 1 fully saturated rings.